The van der Waals surface area contributed by atoms with E-state index in [2.05, 4.69) is 17.0 Å². The van der Waals surface area contributed by atoms with E-state index in [1.54, 1.807) is 0 Å². The van der Waals surface area contributed by atoms with Crippen LogP contribution in [0, 0.1) is 5.92 Å². The number of ether oxygens (including phenoxy) is 2. The Morgan fingerprint density at radius 1 is 0.778 bits per heavy atom. The van der Waals surface area contributed by atoms with Gasteiger partial charge in [0.1, 0.15) is 0 Å². The van der Waals surface area contributed by atoms with Crippen molar-refractivity contribution in [2.75, 3.05) is 45.0 Å². The van der Waals surface area contributed by atoms with Gasteiger partial charge in [0, 0.05) is 32.0 Å². The summed E-state index contributed by atoms with van der Waals surface area (Å²) in [4.78, 5) is 11.9. The zero-order valence-corrected chi connectivity index (χ0v) is 24.7. The molecule has 0 spiro atoms. The van der Waals surface area contributed by atoms with Crippen LogP contribution in [0.15, 0.2) is 0 Å². The van der Waals surface area contributed by atoms with Gasteiger partial charge in [0.15, 0.2) is 0 Å². The number of carbonyl (C=O) groups is 1. The molecule has 0 rings (SSSR count). The van der Waals surface area contributed by atoms with Crippen molar-refractivity contribution in [1.82, 2.24) is 10.0 Å². The van der Waals surface area contributed by atoms with Gasteiger partial charge in [0.25, 0.3) is 0 Å². The van der Waals surface area contributed by atoms with Crippen molar-refractivity contribution in [3.05, 3.63) is 0 Å². The zero-order chi connectivity index (χ0) is 26.7. The summed E-state index contributed by atoms with van der Waals surface area (Å²) in [6, 6.07) is 0. The smallest absolute Gasteiger partial charge is 0.407 e. The molecule has 0 aromatic carbocycles. The standard InChI is InChI=1S/C27H55ClN2O5S/c1-3-4-5-6-7-8-9-10-11-12-13-14-15-16-17-18-21-29-27(31)35-25-26(24-34-2)23-30-36(32,33)22-19-20-28/h26,30H,3-25H2,1-2H3,(H,29,31). The maximum absolute atomic E-state index is 11.9. The second-order valence-corrected chi connectivity index (χ2v) is 12.2. The van der Waals surface area contributed by atoms with E-state index in [1.807, 2.05) is 0 Å². The molecule has 1 atom stereocenters. The molecule has 0 bridgehead atoms. The lowest BCUT2D eigenvalue weighted by molar-refractivity contribution is 0.0868. The average Bonchev–Trinajstić information content (AvgIpc) is 2.86. The minimum atomic E-state index is -3.38. The molecule has 0 saturated carbocycles. The minimum Gasteiger partial charge on any atom is -0.449 e. The molecule has 7 nitrogen and oxygen atoms in total. The molecular weight excluding hydrogens is 500 g/mol. The van der Waals surface area contributed by atoms with Gasteiger partial charge in [-0.15, -0.1) is 11.6 Å². The summed E-state index contributed by atoms with van der Waals surface area (Å²) in [6.07, 6.45) is 21.0. The molecule has 1 amide bonds. The summed E-state index contributed by atoms with van der Waals surface area (Å²) in [5, 5.41) is 2.77. The third kappa shape index (κ3) is 25.1. The Bertz CT molecular complexity index is 593. The van der Waals surface area contributed by atoms with E-state index in [1.165, 1.54) is 97.0 Å². The first-order chi connectivity index (χ1) is 17.4. The van der Waals surface area contributed by atoms with Crippen molar-refractivity contribution in [2.45, 2.75) is 116 Å². The van der Waals surface area contributed by atoms with E-state index in [0.717, 1.165) is 12.8 Å². The van der Waals surface area contributed by atoms with Crippen LogP contribution >= 0.6 is 11.6 Å². The van der Waals surface area contributed by atoms with Crippen LogP contribution in [0.1, 0.15) is 116 Å². The molecule has 0 saturated heterocycles. The molecule has 216 valence electrons. The molecule has 0 aliphatic heterocycles. The van der Waals surface area contributed by atoms with Gasteiger partial charge in [-0.3, -0.25) is 0 Å². The van der Waals surface area contributed by atoms with Crippen molar-refractivity contribution >= 4 is 27.7 Å². The first-order valence-electron chi connectivity index (χ1n) is 14.4. The molecule has 0 aromatic heterocycles. The van der Waals surface area contributed by atoms with Gasteiger partial charge >= 0.3 is 6.09 Å². The van der Waals surface area contributed by atoms with Gasteiger partial charge in [-0.25, -0.2) is 17.9 Å². The third-order valence-electron chi connectivity index (χ3n) is 6.29. The monoisotopic (exact) mass is 554 g/mol. The fraction of sp³-hybridized carbons (Fsp3) is 0.963. The first kappa shape index (κ1) is 35.4. The van der Waals surface area contributed by atoms with Gasteiger partial charge in [0.05, 0.1) is 19.0 Å². The second-order valence-electron chi connectivity index (χ2n) is 9.86. The number of hydrogen-bond donors (Lipinski definition) is 2. The first-order valence-corrected chi connectivity index (χ1v) is 16.6. The lowest BCUT2D eigenvalue weighted by Gasteiger charge is -2.17. The van der Waals surface area contributed by atoms with Crippen LogP contribution in [-0.4, -0.2) is 59.6 Å². The molecule has 2 N–H and O–H groups in total. The number of alkyl carbamates (subject to hydrolysis) is 1. The number of hydrogen-bond acceptors (Lipinski definition) is 5. The van der Waals surface area contributed by atoms with Crippen LogP contribution in [0.3, 0.4) is 0 Å². The number of carbonyl (C=O) groups excluding carboxylic acids is 1. The van der Waals surface area contributed by atoms with Crippen molar-refractivity contribution < 1.29 is 22.7 Å². The largest absolute Gasteiger partial charge is 0.449 e. The molecule has 9 heteroatoms. The Morgan fingerprint density at radius 3 is 1.75 bits per heavy atom. The Labute approximate surface area is 227 Å². The number of alkyl halides is 1. The van der Waals surface area contributed by atoms with E-state index in [0.29, 0.717) is 25.5 Å². The quantitative estimate of drug-likeness (QED) is 0.0861. The number of nitrogens with one attached hydrogen (secondary N) is 2. The lowest BCUT2D eigenvalue weighted by Crippen LogP contribution is -2.36. The van der Waals surface area contributed by atoms with Crippen LogP contribution in [0.25, 0.3) is 0 Å². The number of halogens is 1. The summed E-state index contributed by atoms with van der Waals surface area (Å²) >= 11 is 5.55. The Balaban J connectivity index is 3.58. The Kier molecular flexibility index (Phi) is 25.6. The Hall–Kier alpha value is -0.570. The number of amides is 1. The highest BCUT2D eigenvalue weighted by molar-refractivity contribution is 7.89. The highest BCUT2D eigenvalue weighted by atomic mass is 35.5. The summed E-state index contributed by atoms with van der Waals surface area (Å²) in [6.45, 7) is 3.41. The molecule has 0 aliphatic carbocycles. The second kappa shape index (κ2) is 26.1. The molecule has 36 heavy (non-hydrogen) atoms. The average molecular weight is 555 g/mol. The van der Waals surface area contributed by atoms with E-state index in [9.17, 15) is 13.2 Å². The van der Waals surface area contributed by atoms with E-state index >= 15 is 0 Å². The van der Waals surface area contributed by atoms with Crippen molar-refractivity contribution in [2.24, 2.45) is 5.92 Å². The van der Waals surface area contributed by atoms with Gasteiger partial charge in [-0.2, -0.15) is 0 Å². The van der Waals surface area contributed by atoms with Gasteiger partial charge < -0.3 is 14.8 Å². The summed E-state index contributed by atoms with van der Waals surface area (Å²) in [5.41, 5.74) is 0. The van der Waals surface area contributed by atoms with Crippen LogP contribution in [0.2, 0.25) is 0 Å². The third-order valence-corrected chi connectivity index (χ3v) is 7.99. The number of methoxy groups -OCH3 is 1. The predicted octanol–water partition coefficient (Wildman–Crippen LogP) is 6.79. The minimum absolute atomic E-state index is 0.0170. The van der Waals surface area contributed by atoms with Crippen molar-refractivity contribution in [3.8, 4) is 0 Å². The number of unbranched alkanes of at least 4 members (excludes halogenated alkanes) is 15. The Morgan fingerprint density at radius 2 is 1.28 bits per heavy atom. The number of sulfonamides is 1. The van der Waals surface area contributed by atoms with Gasteiger partial charge in [0.2, 0.25) is 10.0 Å². The van der Waals surface area contributed by atoms with Crippen LogP contribution in [0.4, 0.5) is 4.79 Å². The van der Waals surface area contributed by atoms with Gasteiger partial charge in [-0.1, -0.05) is 103 Å². The van der Waals surface area contributed by atoms with Crippen molar-refractivity contribution in [3.63, 3.8) is 0 Å². The van der Waals surface area contributed by atoms with Crippen LogP contribution < -0.4 is 10.0 Å². The van der Waals surface area contributed by atoms with Crippen molar-refractivity contribution in [1.29, 1.82) is 0 Å². The number of rotatable bonds is 27. The SMILES string of the molecule is CCCCCCCCCCCCCCCCCCNC(=O)OCC(CNS(=O)(=O)CCCCl)COC. The highest BCUT2D eigenvalue weighted by Gasteiger charge is 2.16. The van der Waals surface area contributed by atoms with E-state index < -0.39 is 16.1 Å². The maximum Gasteiger partial charge on any atom is 0.407 e. The lowest BCUT2D eigenvalue weighted by atomic mass is 10.0. The van der Waals surface area contributed by atoms with E-state index in [4.69, 9.17) is 21.1 Å². The maximum atomic E-state index is 11.9. The summed E-state index contributed by atoms with van der Waals surface area (Å²) in [7, 11) is -1.85. The van der Waals surface area contributed by atoms with Gasteiger partial charge in [-0.05, 0) is 12.8 Å². The molecule has 0 heterocycles. The van der Waals surface area contributed by atoms with E-state index in [-0.39, 0.29) is 24.8 Å². The molecule has 0 radical (unpaired) electrons. The molecule has 0 fully saturated rings. The summed E-state index contributed by atoms with van der Waals surface area (Å²) in [5.74, 6) is 0.0316. The molecular formula is C27H55ClN2O5S. The van der Waals surface area contributed by atoms with Crippen LogP contribution in [0.5, 0.6) is 0 Å². The predicted molar refractivity (Wildman–Crippen MR) is 151 cm³/mol. The fourth-order valence-corrected chi connectivity index (χ4v) is 5.52. The zero-order valence-electron chi connectivity index (χ0n) is 23.2. The molecule has 1 unspecified atom stereocenters. The highest BCUT2D eigenvalue weighted by Crippen LogP contribution is 2.13. The molecule has 0 aromatic rings. The molecule has 0 aliphatic rings. The normalized spacial score (nSPS) is 12.5. The topological polar surface area (TPSA) is 93.7 Å². The summed E-state index contributed by atoms with van der Waals surface area (Å²) < 4.78 is 36.7. The fourth-order valence-electron chi connectivity index (χ4n) is 4.07. The van der Waals surface area contributed by atoms with Crippen LogP contribution in [-0.2, 0) is 19.5 Å².